The van der Waals surface area contributed by atoms with E-state index in [0.717, 1.165) is 81.0 Å². The molecule has 2 N–H and O–H groups in total. The zero-order valence-electron chi connectivity index (χ0n) is 16.3. The average Bonchev–Trinajstić information content (AvgIpc) is 3.08. The van der Waals surface area contributed by atoms with E-state index < -0.39 is 5.54 Å². The third-order valence-electron chi connectivity index (χ3n) is 6.24. The smallest absolute Gasteiger partial charge is 0.238 e. The molecule has 2 aliphatic heterocycles. The largest absolute Gasteiger partial charge is 0.368 e. The van der Waals surface area contributed by atoms with Gasteiger partial charge in [0.2, 0.25) is 5.91 Å². The highest BCUT2D eigenvalue weighted by molar-refractivity contribution is 5.88. The predicted molar refractivity (Wildman–Crippen MR) is 104 cm³/mol. The summed E-state index contributed by atoms with van der Waals surface area (Å²) in [5, 5.41) is 5.33. The number of aryl methyl sites for hydroxylation is 2. The molecule has 8 nitrogen and oxygen atoms in total. The second-order valence-corrected chi connectivity index (χ2v) is 7.75. The number of carbonyl (C=O) groups is 1. The van der Waals surface area contributed by atoms with Gasteiger partial charge in [0.1, 0.15) is 17.2 Å². The van der Waals surface area contributed by atoms with Crippen LogP contribution >= 0.6 is 0 Å². The van der Waals surface area contributed by atoms with Crippen molar-refractivity contribution in [3.8, 4) is 0 Å². The second-order valence-electron chi connectivity index (χ2n) is 7.75. The molecule has 8 heteroatoms. The Bertz CT molecular complexity index is 832. The Hall–Kier alpha value is -2.22. The van der Waals surface area contributed by atoms with Crippen molar-refractivity contribution >= 4 is 22.8 Å². The highest BCUT2D eigenvalue weighted by Gasteiger charge is 2.45. The molecule has 2 fully saturated rings. The summed E-state index contributed by atoms with van der Waals surface area (Å²) in [4.78, 5) is 26.5. The minimum atomic E-state index is -0.508. The molecular formula is C19H29N7O. The third-order valence-corrected chi connectivity index (χ3v) is 6.24. The Labute approximate surface area is 159 Å². The van der Waals surface area contributed by atoms with Gasteiger partial charge in [-0.1, -0.05) is 13.3 Å². The molecular weight excluding hydrogens is 342 g/mol. The van der Waals surface area contributed by atoms with E-state index in [1.807, 2.05) is 13.2 Å². The Morgan fingerprint density at radius 3 is 2.48 bits per heavy atom. The predicted octanol–water partition coefficient (Wildman–Crippen LogP) is 1.24. The molecule has 2 aromatic rings. The molecule has 146 valence electrons. The van der Waals surface area contributed by atoms with Gasteiger partial charge in [-0.2, -0.15) is 5.10 Å². The van der Waals surface area contributed by atoms with Crippen molar-refractivity contribution in [3.63, 3.8) is 0 Å². The fourth-order valence-corrected chi connectivity index (χ4v) is 4.58. The summed E-state index contributed by atoms with van der Waals surface area (Å²) in [5.41, 5.74) is 6.27. The monoisotopic (exact) mass is 371 g/mol. The highest BCUT2D eigenvalue weighted by Crippen LogP contribution is 2.34. The molecule has 0 aromatic carbocycles. The molecule has 4 rings (SSSR count). The van der Waals surface area contributed by atoms with Crippen LogP contribution in [0.5, 0.6) is 0 Å². The van der Waals surface area contributed by atoms with Crippen LogP contribution in [0, 0.1) is 0 Å². The lowest BCUT2D eigenvalue weighted by atomic mass is 9.83. The van der Waals surface area contributed by atoms with Gasteiger partial charge in [0.25, 0.3) is 0 Å². The zero-order valence-corrected chi connectivity index (χ0v) is 16.3. The molecule has 27 heavy (non-hydrogen) atoms. The number of carbonyl (C=O) groups excluding carboxylic acids is 1. The van der Waals surface area contributed by atoms with Crippen molar-refractivity contribution in [3.05, 3.63) is 12.0 Å². The number of nitrogens with zero attached hydrogens (tertiary/aromatic N) is 6. The molecule has 0 saturated carbocycles. The van der Waals surface area contributed by atoms with E-state index in [1.54, 1.807) is 4.68 Å². The number of aromatic nitrogens is 4. The van der Waals surface area contributed by atoms with E-state index in [0.29, 0.717) is 0 Å². The van der Waals surface area contributed by atoms with Gasteiger partial charge in [-0.05, 0) is 38.8 Å². The number of likely N-dealkylation sites (tertiary alicyclic amines) is 1. The van der Waals surface area contributed by atoms with Crippen molar-refractivity contribution in [2.75, 3.05) is 31.1 Å². The number of piperidine rings is 2. The normalized spacial score (nSPS) is 20.9. The highest BCUT2D eigenvalue weighted by atomic mass is 16.1. The van der Waals surface area contributed by atoms with E-state index in [1.165, 1.54) is 6.42 Å². The standard InChI is InChI=1S/C19H29N7O/c1-3-15-22-16-14(13-21-24(16)2)17(23-15)25-11-7-19(8-12-25,18(20)27)26-9-5-4-6-10-26/h13H,3-12H2,1-2H3,(H2,20,27). The molecule has 0 bridgehead atoms. The number of amides is 1. The lowest BCUT2D eigenvalue weighted by Gasteiger charge is -2.48. The van der Waals surface area contributed by atoms with Crippen LogP contribution in [0.4, 0.5) is 5.82 Å². The summed E-state index contributed by atoms with van der Waals surface area (Å²) in [7, 11) is 1.91. The molecule has 2 aliphatic rings. The van der Waals surface area contributed by atoms with Crippen LogP contribution in [0.2, 0.25) is 0 Å². The van der Waals surface area contributed by atoms with Crippen LogP contribution in [0.15, 0.2) is 6.20 Å². The van der Waals surface area contributed by atoms with Crippen molar-refractivity contribution in [2.24, 2.45) is 12.8 Å². The van der Waals surface area contributed by atoms with Crippen molar-refractivity contribution < 1.29 is 4.79 Å². The fraction of sp³-hybridized carbons (Fsp3) is 0.684. The van der Waals surface area contributed by atoms with Crippen molar-refractivity contribution in [1.82, 2.24) is 24.6 Å². The lowest BCUT2D eigenvalue weighted by molar-refractivity contribution is -0.132. The molecule has 1 amide bonds. The van der Waals surface area contributed by atoms with Gasteiger partial charge in [0.05, 0.1) is 11.6 Å². The summed E-state index contributed by atoms with van der Waals surface area (Å²) in [5.74, 6) is 1.58. The topological polar surface area (TPSA) is 93.2 Å². The fourth-order valence-electron chi connectivity index (χ4n) is 4.58. The van der Waals surface area contributed by atoms with Gasteiger partial charge in [-0.3, -0.25) is 14.4 Å². The summed E-state index contributed by atoms with van der Waals surface area (Å²) < 4.78 is 1.80. The second kappa shape index (κ2) is 7.07. The minimum Gasteiger partial charge on any atom is -0.368 e. The van der Waals surface area contributed by atoms with Gasteiger partial charge in [-0.15, -0.1) is 0 Å². The maximum atomic E-state index is 12.5. The summed E-state index contributed by atoms with van der Waals surface area (Å²) >= 11 is 0. The average molecular weight is 371 g/mol. The molecule has 0 spiro atoms. The quantitative estimate of drug-likeness (QED) is 0.869. The van der Waals surface area contributed by atoms with Gasteiger partial charge in [0.15, 0.2) is 5.65 Å². The third kappa shape index (κ3) is 3.05. The van der Waals surface area contributed by atoms with Crippen LogP contribution in [-0.2, 0) is 18.3 Å². The first kappa shape index (κ1) is 18.2. The number of hydrogen-bond acceptors (Lipinski definition) is 6. The number of hydrogen-bond donors (Lipinski definition) is 1. The molecule has 0 unspecified atom stereocenters. The Morgan fingerprint density at radius 1 is 1.15 bits per heavy atom. The first-order valence-electron chi connectivity index (χ1n) is 10.0. The van der Waals surface area contributed by atoms with Gasteiger partial charge >= 0.3 is 0 Å². The maximum absolute atomic E-state index is 12.5. The summed E-state index contributed by atoms with van der Waals surface area (Å²) in [6.07, 6.45) is 7.66. The Kier molecular flexibility index (Phi) is 4.75. The molecule has 0 atom stereocenters. The van der Waals surface area contributed by atoms with Crippen LogP contribution in [0.1, 0.15) is 44.9 Å². The number of nitrogens with two attached hydrogens (primary N) is 1. The number of fused-ring (bicyclic) bond motifs is 1. The van der Waals surface area contributed by atoms with E-state index in [-0.39, 0.29) is 5.91 Å². The SMILES string of the molecule is CCc1nc(N2CCC(C(N)=O)(N3CCCCC3)CC2)c2cnn(C)c2n1. The van der Waals surface area contributed by atoms with E-state index >= 15 is 0 Å². The minimum absolute atomic E-state index is 0.174. The van der Waals surface area contributed by atoms with Gasteiger partial charge in [0, 0.05) is 26.6 Å². The van der Waals surface area contributed by atoms with E-state index in [2.05, 4.69) is 26.8 Å². The summed E-state index contributed by atoms with van der Waals surface area (Å²) in [6, 6.07) is 0. The van der Waals surface area contributed by atoms with E-state index in [4.69, 9.17) is 10.7 Å². The molecule has 0 aliphatic carbocycles. The van der Waals surface area contributed by atoms with Crippen molar-refractivity contribution in [1.29, 1.82) is 0 Å². The number of anilines is 1. The molecule has 2 saturated heterocycles. The van der Waals surface area contributed by atoms with Crippen LogP contribution in [-0.4, -0.2) is 62.3 Å². The van der Waals surface area contributed by atoms with Crippen molar-refractivity contribution in [2.45, 2.75) is 51.0 Å². The van der Waals surface area contributed by atoms with Gasteiger partial charge < -0.3 is 10.6 Å². The van der Waals surface area contributed by atoms with Crippen LogP contribution < -0.4 is 10.6 Å². The van der Waals surface area contributed by atoms with Crippen LogP contribution in [0.25, 0.3) is 11.0 Å². The molecule has 4 heterocycles. The maximum Gasteiger partial charge on any atom is 0.238 e. The first-order valence-corrected chi connectivity index (χ1v) is 10.0. The van der Waals surface area contributed by atoms with E-state index in [9.17, 15) is 4.79 Å². The Balaban J connectivity index is 1.62. The number of rotatable bonds is 4. The molecule has 0 radical (unpaired) electrons. The Morgan fingerprint density at radius 2 is 1.85 bits per heavy atom. The number of primary amides is 1. The first-order chi connectivity index (χ1) is 13.0. The van der Waals surface area contributed by atoms with Gasteiger partial charge in [-0.25, -0.2) is 9.97 Å². The van der Waals surface area contributed by atoms with Crippen LogP contribution in [0.3, 0.4) is 0 Å². The molecule has 2 aromatic heterocycles. The summed E-state index contributed by atoms with van der Waals surface area (Å²) in [6.45, 7) is 5.55. The lowest BCUT2D eigenvalue weighted by Crippen LogP contribution is -2.63. The zero-order chi connectivity index (χ0) is 19.0.